The molecular formula is C19H13F4NO2S. The van der Waals surface area contributed by atoms with Crippen molar-refractivity contribution in [1.82, 2.24) is 4.90 Å². The van der Waals surface area contributed by atoms with Crippen molar-refractivity contribution in [2.45, 2.75) is 16.8 Å². The van der Waals surface area contributed by atoms with Gasteiger partial charge in [0.1, 0.15) is 5.83 Å². The minimum absolute atomic E-state index is 0.00848. The summed E-state index contributed by atoms with van der Waals surface area (Å²) in [5.41, 5.74) is -3.45. The van der Waals surface area contributed by atoms with E-state index in [1.54, 1.807) is 18.2 Å². The molecule has 0 radical (unpaired) electrons. The topological polar surface area (TPSA) is 37.4 Å². The lowest BCUT2D eigenvalue weighted by atomic mass is 10.1. The fourth-order valence-electron chi connectivity index (χ4n) is 2.70. The van der Waals surface area contributed by atoms with Crippen LogP contribution in [-0.2, 0) is 6.42 Å². The van der Waals surface area contributed by atoms with E-state index in [0.29, 0.717) is 5.56 Å². The Morgan fingerprint density at radius 1 is 1.00 bits per heavy atom. The zero-order chi connectivity index (χ0) is 19.6. The molecule has 140 valence electrons. The second-order valence-electron chi connectivity index (χ2n) is 5.79. The first-order valence-corrected chi connectivity index (χ1v) is 8.71. The van der Waals surface area contributed by atoms with Gasteiger partial charge in [0.25, 0.3) is 11.8 Å². The van der Waals surface area contributed by atoms with Gasteiger partial charge < -0.3 is 0 Å². The van der Waals surface area contributed by atoms with Crippen LogP contribution >= 0.6 is 11.8 Å². The Labute approximate surface area is 156 Å². The van der Waals surface area contributed by atoms with E-state index < -0.39 is 29.7 Å². The molecule has 2 aromatic rings. The number of halogens is 4. The Morgan fingerprint density at radius 3 is 2.22 bits per heavy atom. The van der Waals surface area contributed by atoms with Crippen molar-refractivity contribution in [2.75, 3.05) is 6.54 Å². The summed E-state index contributed by atoms with van der Waals surface area (Å²) < 4.78 is 51.5. The summed E-state index contributed by atoms with van der Waals surface area (Å²) in [4.78, 5) is 25.2. The summed E-state index contributed by atoms with van der Waals surface area (Å²) in [6.07, 6.45) is 1.20. The van der Waals surface area contributed by atoms with Crippen LogP contribution in [0.1, 0.15) is 26.3 Å². The third-order valence-corrected chi connectivity index (χ3v) is 4.60. The Hall–Kier alpha value is -2.61. The van der Waals surface area contributed by atoms with Crippen LogP contribution in [0.2, 0.25) is 0 Å². The maximum absolute atomic E-state index is 14.2. The standard InChI is InChI=1S/C19H13F4NO2S/c20-13(9-8-12-4-3-5-14(10-12)27-19(21,22)23)11-24-17(25)15-6-1-2-7-16(15)18(24)26/h1-7,9-10H,8,11H2. The molecular weight excluding hydrogens is 382 g/mol. The van der Waals surface area contributed by atoms with E-state index >= 15 is 0 Å². The van der Waals surface area contributed by atoms with Crippen molar-refractivity contribution < 1.29 is 27.2 Å². The summed E-state index contributed by atoms with van der Waals surface area (Å²) in [7, 11) is 0. The second-order valence-corrected chi connectivity index (χ2v) is 6.93. The first-order valence-electron chi connectivity index (χ1n) is 7.89. The molecule has 1 aliphatic heterocycles. The zero-order valence-corrected chi connectivity index (χ0v) is 14.6. The van der Waals surface area contributed by atoms with Crippen LogP contribution in [0.3, 0.4) is 0 Å². The molecule has 0 spiro atoms. The van der Waals surface area contributed by atoms with Gasteiger partial charge >= 0.3 is 5.51 Å². The number of benzene rings is 2. The number of hydrogen-bond acceptors (Lipinski definition) is 3. The molecule has 0 unspecified atom stereocenters. The van der Waals surface area contributed by atoms with Crippen LogP contribution in [0.25, 0.3) is 0 Å². The minimum Gasteiger partial charge on any atom is -0.269 e. The Kier molecular flexibility index (Phi) is 5.36. The minimum atomic E-state index is -4.40. The highest BCUT2D eigenvalue weighted by atomic mass is 32.2. The van der Waals surface area contributed by atoms with Crippen LogP contribution < -0.4 is 0 Å². The van der Waals surface area contributed by atoms with E-state index in [2.05, 4.69) is 0 Å². The fraction of sp³-hybridized carbons (Fsp3) is 0.158. The van der Waals surface area contributed by atoms with Crippen molar-refractivity contribution in [3.05, 3.63) is 77.1 Å². The van der Waals surface area contributed by atoms with Gasteiger partial charge in [-0.1, -0.05) is 24.3 Å². The van der Waals surface area contributed by atoms with Crippen LogP contribution in [0.5, 0.6) is 0 Å². The number of rotatable bonds is 5. The quantitative estimate of drug-likeness (QED) is 0.407. The van der Waals surface area contributed by atoms with Gasteiger partial charge in [-0.25, -0.2) is 4.39 Å². The van der Waals surface area contributed by atoms with Crippen molar-refractivity contribution >= 4 is 23.6 Å². The zero-order valence-electron chi connectivity index (χ0n) is 13.8. The number of thioether (sulfide) groups is 1. The molecule has 2 aromatic carbocycles. The van der Waals surface area contributed by atoms with Gasteiger partial charge in [0.15, 0.2) is 0 Å². The summed E-state index contributed by atoms with van der Waals surface area (Å²) in [5, 5.41) is 0. The van der Waals surface area contributed by atoms with Gasteiger partial charge in [0.05, 0.1) is 17.7 Å². The van der Waals surface area contributed by atoms with Crippen molar-refractivity contribution in [2.24, 2.45) is 0 Å². The molecule has 1 heterocycles. The van der Waals surface area contributed by atoms with Crippen molar-refractivity contribution in [3.8, 4) is 0 Å². The average molecular weight is 395 g/mol. The van der Waals surface area contributed by atoms with Gasteiger partial charge in [-0.15, -0.1) is 0 Å². The lowest BCUT2D eigenvalue weighted by Gasteiger charge is -2.12. The normalized spacial score (nSPS) is 14.7. The monoisotopic (exact) mass is 395 g/mol. The number of carbonyl (C=O) groups excluding carboxylic acids is 2. The van der Waals surface area contributed by atoms with E-state index in [0.717, 1.165) is 11.0 Å². The van der Waals surface area contributed by atoms with Crippen LogP contribution in [0, 0.1) is 0 Å². The SMILES string of the molecule is O=C1c2ccccc2C(=O)N1CC(F)=CCc1cccc(SC(F)(F)F)c1. The molecule has 8 heteroatoms. The highest BCUT2D eigenvalue weighted by Crippen LogP contribution is 2.37. The highest BCUT2D eigenvalue weighted by Gasteiger charge is 2.35. The molecule has 0 N–H and O–H groups in total. The van der Waals surface area contributed by atoms with Crippen LogP contribution in [-0.4, -0.2) is 28.8 Å². The number of alkyl halides is 3. The second kappa shape index (κ2) is 7.56. The molecule has 2 amide bonds. The maximum Gasteiger partial charge on any atom is 0.446 e. The van der Waals surface area contributed by atoms with Crippen LogP contribution in [0.15, 0.2) is 65.3 Å². The predicted octanol–water partition coefficient (Wildman–Crippen LogP) is 4.99. The Bertz CT molecular complexity index is 889. The Morgan fingerprint density at radius 2 is 1.63 bits per heavy atom. The molecule has 27 heavy (non-hydrogen) atoms. The molecule has 0 bridgehead atoms. The summed E-state index contributed by atoms with van der Waals surface area (Å²) in [5.74, 6) is -1.84. The van der Waals surface area contributed by atoms with Gasteiger partial charge in [0.2, 0.25) is 0 Å². The lowest BCUT2D eigenvalue weighted by Crippen LogP contribution is -2.31. The smallest absolute Gasteiger partial charge is 0.269 e. The number of imide groups is 1. The fourth-order valence-corrected chi connectivity index (χ4v) is 3.32. The van der Waals surface area contributed by atoms with Gasteiger partial charge in [-0.05, 0) is 54.1 Å². The van der Waals surface area contributed by atoms with E-state index in [1.807, 2.05) is 0 Å². The first kappa shape index (κ1) is 19.2. The number of allylic oxidation sites excluding steroid dienone is 1. The molecule has 0 saturated carbocycles. The largest absolute Gasteiger partial charge is 0.446 e. The third kappa shape index (κ3) is 4.57. The van der Waals surface area contributed by atoms with Gasteiger partial charge in [0, 0.05) is 4.90 Å². The molecule has 3 rings (SSSR count). The number of carbonyl (C=O) groups is 2. The highest BCUT2D eigenvalue weighted by molar-refractivity contribution is 8.00. The first-order chi connectivity index (χ1) is 12.7. The summed E-state index contributed by atoms with van der Waals surface area (Å²) in [6.45, 7) is -0.511. The molecule has 0 fully saturated rings. The van der Waals surface area contributed by atoms with E-state index in [4.69, 9.17) is 0 Å². The third-order valence-electron chi connectivity index (χ3n) is 3.88. The molecule has 0 aromatic heterocycles. The molecule has 0 aliphatic carbocycles. The molecule has 3 nitrogen and oxygen atoms in total. The summed E-state index contributed by atoms with van der Waals surface area (Å²) >= 11 is -0.243. The summed E-state index contributed by atoms with van der Waals surface area (Å²) in [6, 6.07) is 11.9. The number of fused-ring (bicyclic) bond motifs is 1. The van der Waals surface area contributed by atoms with E-state index in [9.17, 15) is 27.2 Å². The van der Waals surface area contributed by atoms with Gasteiger partial charge in [-0.3, -0.25) is 14.5 Å². The van der Waals surface area contributed by atoms with Crippen molar-refractivity contribution in [3.63, 3.8) is 0 Å². The number of nitrogens with zero attached hydrogens (tertiary/aromatic N) is 1. The number of amides is 2. The van der Waals surface area contributed by atoms with Crippen LogP contribution in [0.4, 0.5) is 17.6 Å². The average Bonchev–Trinajstić information content (AvgIpc) is 2.84. The molecule has 0 atom stereocenters. The Balaban J connectivity index is 1.67. The number of hydrogen-bond donors (Lipinski definition) is 0. The van der Waals surface area contributed by atoms with E-state index in [1.165, 1.54) is 30.3 Å². The maximum atomic E-state index is 14.2. The predicted molar refractivity (Wildman–Crippen MR) is 93.1 cm³/mol. The van der Waals surface area contributed by atoms with Crippen molar-refractivity contribution in [1.29, 1.82) is 0 Å². The molecule has 0 saturated heterocycles. The lowest BCUT2D eigenvalue weighted by molar-refractivity contribution is -0.0328. The van der Waals surface area contributed by atoms with E-state index in [-0.39, 0.29) is 34.2 Å². The molecule has 1 aliphatic rings. The van der Waals surface area contributed by atoms with Gasteiger partial charge in [-0.2, -0.15) is 13.2 Å².